The molecule has 0 aromatic heterocycles. The smallest absolute Gasteiger partial charge is 0.126 e. The first-order chi connectivity index (χ1) is 10.6. The molecule has 22 heavy (non-hydrogen) atoms. The van der Waals surface area contributed by atoms with E-state index in [0.717, 1.165) is 11.3 Å². The molecule has 2 rings (SSSR count). The van der Waals surface area contributed by atoms with Crippen molar-refractivity contribution in [2.45, 2.75) is 12.3 Å². The molecule has 0 aliphatic rings. The van der Waals surface area contributed by atoms with E-state index in [1.54, 1.807) is 12.1 Å². The van der Waals surface area contributed by atoms with Crippen molar-refractivity contribution in [3.63, 3.8) is 0 Å². The van der Waals surface area contributed by atoms with Gasteiger partial charge in [0.2, 0.25) is 0 Å². The van der Waals surface area contributed by atoms with Crippen molar-refractivity contribution in [2.75, 3.05) is 25.6 Å². The second-order valence-corrected chi connectivity index (χ2v) is 5.26. The molecular formula is C18H19FN2O. The molecule has 0 N–H and O–H groups in total. The molecule has 0 bridgehead atoms. The van der Waals surface area contributed by atoms with Gasteiger partial charge in [-0.3, -0.25) is 0 Å². The number of nitriles is 1. The number of halogens is 1. The van der Waals surface area contributed by atoms with E-state index < -0.39 is 0 Å². The van der Waals surface area contributed by atoms with Crippen LogP contribution in [0.4, 0.5) is 10.1 Å². The minimum atomic E-state index is -0.325. The topological polar surface area (TPSA) is 36.3 Å². The van der Waals surface area contributed by atoms with Gasteiger partial charge in [-0.15, -0.1) is 0 Å². The molecule has 3 nitrogen and oxygen atoms in total. The van der Waals surface area contributed by atoms with Crippen LogP contribution < -0.4 is 9.64 Å². The van der Waals surface area contributed by atoms with Crippen LogP contribution in [0.3, 0.4) is 0 Å². The summed E-state index contributed by atoms with van der Waals surface area (Å²) >= 11 is 0. The Bertz CT molecular complexity index is 647. The molecule has 1 unspecified atom stereocenters. The van der Waals surface area contributed by atoms with Gasteiger partial charge in [-0.25, -0.2) is 4.39 Å². The summed E-state index contributed by atoms with van der Waals surface area (Å²) < 4.78 is 18.6. The average molecular weight is 298 g/mol. The maximum atomic E-state index is 13.1. The first-order valence-corrected chi connectivity index (χ1v) is 7.15. The predicted octanol–water partition coefficient (Wildman–Crippen LogP) is 3.97. The van der Waals surface area contributed by atoms with Crippen molar-refractivity contribution < 1.29 is 9.13 Å². The van der Waals surface area contributed by atoms with Crippen LogP contribution in [0.25, 0.3) is 0 Å². The zero-order valence-electron chi connectivity index (χ0n) is 12.8. The van der Waals surface area contributed by atoms with Crippen LogP contribution in [0.2, 0.25) is 0 Å². The highest BCUT2D eigenvalue weighted by atomic mass is 19.1. The molecule has 0 aliphatic heterocycles. The van der Waals surface area contributed by atoms with E-state index in [0.29, 0.717) is 18.8 Å². The molecule has 0 fully saturated rings. The summed E-state index contributed by atoms with van der Waals surface area (Å²) in [5.41, 5.74) is 2.06. The van der Waals surface area contributed by atoms with Crippen LogP contribution >= 0.6 is 0 Å². The average Bonchev–Trinajstić information content (AvgIpc) is 2.52. The Hall–Kier alpha value is -2.54. The maximum Gasteiger partial charge on any atom is 0.126 e. The Morgan fingerprint density at radius 1 is 1.18 bits per heavy atom. The first kappa shape index (κ1) is 15.8. The molecule has 0 saturated carbocycles. The van der Waals surface area contributed by atoms with Gasteiger partial charge >= 0.3 is 0 Å². The molecule has 2 aromatic carbocycles. The molecule has 0 spiro atoms. The van der Waals surface area contributed by atoms with Gasteiger partial charge in [0.1, 0.15) is 11.6 Å². The maximum absolute atomic E-state index is 13.1. The third-order valence-electron chi connectivity index (χ3n) is 3.44. The number of nitrogens with zero attached hydrogens (tertiary/aromatic N) is 2. The molecule has 114 valence electrons. The number of anilines is 1. The zero-order chi connectivity index (χ0) is 15.9. The third kappa shape index (κ3) is 4.23. The number of ether oxygens (including phenoxy) is 1. The van der Waals surface area contributed by atoms with Gasteiger partial charge in [0.15, 0.2) is 0 Å². The number of hydrogen-bond acceptors (Lipinski definition) is 3. The van der Waals surface area contributed by atoms with E-state index in [-0.39, 0.29) is 11.7 Å². The number of rotatable bonds is 6. The SMILES string of the molecule is CN(C)c1ccc(C(C#N)CCOc2cccc(F)c2)cc1. The molecule has 0 saturated heterocycles. The van der Waals surface area contributed by atoms with Crippen molar-refractivity contribution in [1.82, 2.24) is 0 Å². The van der Waals surface area contributed by atoms with Gasteiger partial charge < -0.3 is 9.64 Å². The van der Waals surface area contributed by atoms with Crippen LogP contribution in [0.5, 0.6) is 5.75 Å². The molecule has 2 aromatic rings. The van der Waals surface area contributed by atoms with Gasteiger partial charge in [-0.1, -0.05) is 18.2 Å². The van der Waals surface area contributed by atoms with Gasteiger partial charge in [0, 0.05) is 32.3 Å². The third-order valence-corrected chi connectivity index (χ3v) is 3.44. The lowest BCUT2D eigenvalue weighted by atomic mass is 9.97. The van der Waals surface area contributed by atoms with Crippen LogP contribution in [0, 0.1) is 17.1 Å². The highest BCUT2D eigenvalue weighted by Gasteiger charge is 2.11. The number of benzene rings is 2. The van der Waals surface area contributed by atoms with Gasteiger partial charge in [0.05, 0.1) is 18.6 Å². The summed E-state index contributed by atoms with van der Waals surface area (Å²) in [6.07, 6.45) is 0.564. The lowest BCUT2D eigenvalue weighted by Crippen LogP contribution is -2.09. The molecule has 4 heteroatoms. The van der Waals surface area contributed by atoms with Crippen LogP contribution in [-0.4, -0.2) is 20.7 Å². The van der Waals surface area contributed by atoms with Crippen molar-refractivity contribution in [3.8, 4) is 11.8 Å². The second kappa shape index (κ2) is 7.46. The van der Waals surface area contributed by atoms with E-state index in [4.69, 9.17) is 4.74 Å². The lowest BCUT2D eigenvalue weighted by molar-refractivity contribution is 0.304. The molecular weight excluding hydrogens is 279 g/mol. The lowest BCUT2D eigenvalue weighted by Gasteiger charge is -2.15. The standard InChI is InChI=1S/C18H19FN2O/c1-21(2)17-8-6-14(7-9-17)15(13-20)10-11-22-18-5-3-4-16(19)12-18/h3-9,12,15H,10-11H2,1-2H3. The normalized spacial score (nSPS) is 11.5. The summed E-state index contributed by atoms with van der Waals surface area (Å²) in [4.78, 5) is 2.01. The van der Waals surface area contributed by atoms with Crippen molar-refractivity contribution in [2.24, 2.45) is 0 Å². The van der Waals surface area contributed by atoms with Crippen LogP contribution in [0.15, 0.2) is 48.5 Å². The first-order valence-electron chi connectivity index (χ1n) is 7.15. The second-order valence-electron chi connectivity index (χ2n) is 5.26. The largest absolute Gasteiger partial charge is 0.493 e. The monoisotopic (exact) mass is 298 g/mol. The van der Waals surface area contributed by atoms with Crippen molar-refractivity contribution in [3.05, 3.63) is 59.9 Å². The fraction of sp³-hybridized carbons (Fsp3) is 0.278. The minimum Gasteiger partial charge on any atom is -0.493 e. The van der Waals surface area contributed by atoms with Crippen molar-refractivity contribution >= 4 is 5.69 Å². The summed E-state index contributed by atoms with van der Waals surface area (Å²) in [6, 6.07) is 16.2. The highest BCUT2D eigenvalue weighted by molar-refractivity contribution is 5.47. The van der Waals surface area contributed by atoms with E-state index in [9.17, 15) is 9.65 Å². The molecule has 1 atom stereocenters. The summed E-state index contributed by atoms with van der Waals surface area (Å²) in [7, 11) is 3.95. The van der Waals surface area contributed by atoms with E-state index >= 15 is 0 Å². The quantitative estimate of drug-likeness (QED) is 0.809. The predicted molar refractivity (Wildman–Crippen MR) is 85.6 cm³/mol. The van der Waals surface area contributed by atoms with Gasteiger partial charge in [0.25, 0.3) is 0 Å². The molecule has 0 amide bonds. The number of hydrogen-bond donors (Lipinski definition) is 0. The Morgan fingerprint density at radius 3 is 2.50 bits per heavy atom. The van der Waals surface area contributed by atoms with Crippen molar-refractivity contribution in [1.29, 1.82) is 5.26 Å². The Labute approximate surface area is 130 Å². The summed E-state index contributed by atoms with van der Waals surface area (Å²) in [5, 5.41) is 9.32. The van der Waals surface area contributed by atoms with Gasteiger partial charge in [-0.2, -0.15) is 5.26 Å². The molecule has 0 aliphatic carbocycles. The zero-order valence-corrected chi connectivity index (χ0v) is 12.8. The van der Waals surface area contributed by atoms with E-state index in [1.807, 2.05) is 43.3 Å². The Morgan fingerprint density at radius 2 is 1.91 bits per heavy atom. The van der Waals surface area contributed by atoms with E-state index in [2.05, 4.69) is 6.07 Å². The van der Waals surface area contributed by atoms with Gasteiger partial charge in [-0.05, 0) is 29.8 Å². The molecule has 0 heterocycles. The molecule has 0 radical (unpaired) electrons. The fourth-order valence-corrected chi connectivity index (χ4v) is 2.16. The highest BCUT2D eigenvalue weighted by Crippen LogP contribution is 2.22. The van der Waals surface area contributed by atoms with E-state index in [1.165, 1.54) is 12.1 Å². The Balaban J connectivity index is 1.93. The van der Waals surface area contributed by atoms with Crippen LogP contribution in [-0.2, 0) is 0 Å². The summed E-state index contributed by atoms with van der Waals surface area (Å²) in [6.45, 7) is 0.372. The fourth-order valence-electron chi connectivity index (χ4n) is 2.16. The minimum absolute atomic E-state index is 0.232. The van der Waals surface area contributed by atoms with Crippen LogP contribution in [0.1, 0.15) is 17.9 Å². The Kier molecular flexibility index (Phi) is 5.37. The summed E-state index contributed by atoms with van der Waals surface area (Å²) in [5.74, 6) is -0.0713.